The number of aryl methyl sites for hydroxylation is 2. The van der Waals surface area contributed by atoms with E-state index in [-0.39, 0.29) is 11.9 Å². The van der Waals surface area contributed by atoms with Gasteiger partial charge in [-0.15, -0.1) is 0 Å². The summed E-state index contributed by atoms with van der Waals surface area (Å²) in [5.74, 6) is -0.0794. The number of hydrogen-bond acceptors (Lipinski definition) is 2. The van der Waals surface area contributed by atoms with Crippen molar-refractivity contribution in [2.24, 2.45) is 0 Å². The molecule has 19 heavy (non-hydrogen) atoms. The summed E-state index contributed by atoms with van der Waals surface area (Å²) in [7, 11) is 0. The highest BCUT2D eigenvalue weighted by molar-refractivity contribution is 9.10. The molecule has 1 unspecified atom stereocenters. The Hall–Kier alpha value is -1.62. The normalized spacial score (nSPS) is 12.2. The number of carbonyl (C=O) groups is 1. The number of benzene rings is 1. The molecule has 0 aliphatic carbocycles. The van der Waals surface area contributed by atoms with Crippen molar-refractivity contribution >= 4 is 27.5 Å². The second kappa shape index (κ2) is 5.57. The van der Waals surface area contributed by atoms with Gasteiger partial charge in [0.15, 0.2) is 0 Å². The van der Waals surface area contributed by atoms with E-state index in [1.807, 2.05) is 39.0 Å². The first-order valence-corrected chi connectivity index (χ1v) is 6.84. The van der Waals surface area contributed by atoms with Gasteiger partial charge in [0, 0.05) is 11.9 Å². The molecule has 0 radical (unpaired) electrons. The maximum atomic E-state index is 12.2. The number of nitrogens with one attached hydrogen (secondary N) is 1. The number of rotatable bonds is 3. The van der Waals surface area contributed by atoms with Crippen molar-refractivity contribution in [3.05, 3.63) is 46.2 Å². The molecule has 5 heteroatoms. The van der Waals surface area contributed by atoms with E-state index in [4.69, 9.17) is 0 Å². The van der Waals surface area contributed by atoms with Gasteiger partial charge in [0.05, 0.1) is 10.7 Å². The highest BCUT2D eigenvalue weighted by atomic mass is 79.9. The highest BCUT2D eigenvalue weighted by Gasteiger charge is 2.16. The van der Waals surface area contributed by atoms with Crippen LogP contribution >= 0.6 is 15.9 Å². The van der Waals surface area contributed by atoms with Crippen LogP contribution in [-0.4, -0.2) is 15.7 Å². The second-order valence-electron chi connectivity index (χ2n) is 4.62. The number of halogens is 1. The van der Waals surface area contributed by atoms with Crippen LogP contribution in [0.4, 0.5) is 5.69 Å². The fraction of sp³-hybridized carbons (Fsp3) is 0.286. The number of aromatic nitrogens is 2. The van der Waals surface area contributed by atoms with E-state index < -0.39 is 0 Å². The predicted octanol–water partition coefficient (Wildman–Crippen LogP) is 3.46. The molecule has 0 aliphatic rings. The molecule has 0 saturated heterocycles. The average molecular weight is 322 g/mol. The first-order valence-electron chi connectivity index (χ1n) is 6.05. The molecule has 100 valence electrons. The fourth-order valence-electron chi connectivity index (χ4n) is 1.75. The number of nitrogens with zero attached hydrogens (tertiary/aromatic N) is 2. The lowest BCUT2D eigenvalue weighted by Crippen LogP contribution is -2.24. The summed E-state index contributed by atoms with van der Waals surface area (Å²) in [6, 6.07) is 5.64. The summed E-state index contributed by atoms with van der Waals surface area (Å²) in [5.41, 5.74) is 3.02. The lowest BCUT2D eigenvalue weighted by Gasteiger charge is -2.14. The van der Waals surface area contributed by atoms with E-state index in [0.717, 1.165) is 21.3 Å². The summed E-state index contributed by atoms with van der Waals surface area (Å²) in [5, 5.41) is 7.07. The largest absolute Gasteiger partial charge is 0.324 e. The van der Waals surface area contributed by atoms with Gasteiger partial charge in [0.25, 0.3) is 0 Å². The first kappa shape index (κ1) is 13.8. The average Bonchev–Trinajstić information content (AvgIpc) is 2.79. The molecule has 2 rings (SSSR count). The molecule has 1 atom stereocenters. The summed E-state index contributed by atoms with van der Waals surface area (Å²) in [6.07, 6.45) is 3.45. The Labute approximate surface area is 120 Å². The van der Waals surface area contributed by atoms with E-state index >= 15 is 0 Å². The van der Waals surface area contributed by atoms with Gasteiger partial charge < -0.3 is 5.32 Å². The van der Waals surface area contributed by atoms with Crippen molar-refractivity contribution in [3.8, 4) is 0 Å². The molecule has 4 nitrogen and oxygen atoms in total. The minimum atomic E-state index is -0.355. The van der Waals surface area contributed by atoms with Gasteiger partial charge in [0.2, 0.25) is 5.91 Å². The Morgan fingerprint density at radius 3 is 2.79 bits per heavy atom. The molecule has 0 spiro atoms. The van der Waals surface area contributed by atoms with Crippen molar-refractivity contribution in [1.29, 1.82) is 0 Å². The number of anilines is 1. The molecule has 0 aliphatic heterocycles. The quantitative estimate of drug-likeness (QED) is 0.941. The smallest absolute Gasteiger partial charge is 0.248 e. The molecule has 1 amide bonds. The van der Waals surface area contributed by atoms with Crippen LogP contribution in [0, 0.1) is 13.8 Å². The SMILES string of the molecule is Cc1ccc(C)c(NC(=O)C(C)n2cc(Br)cn2)c1. The van der Waals surface area contributed by atoms with Gasteiger partial charge in [-0.05, 0) is 53.9 Å². The van der Waals surface area contributed by atoms with E-state index in [2.05, 4.69) is 26.3 Å². The van der Waals surface area contributed by atoms with Crippen molar-refractivity contribution in [1.82, 2.24) is 9.78 Å². The van der Waals surface area contributed by atoms with Crippen LogP contribution in [0.15, 0.2) is 35.1 Å². The van der Waals surface area contributed by atoms with E-state index in [0.29, 0.717) is 0 Å². The minimum Gasteiger partial charge on any atom is -0.324 e. The lowest BCUT2D eigenvalue weighted by molar-refractivity contribution is -0.119. The van der Waals surface area contributed by atoms with Crippen LogP contribution in [0.1, 0.15) is 24.1 Å². The number of hydrogen-bond donors (Lipinski definition) is 1. The maximum Gasteiger partial charge on any atom is 0.248 e. The third-order valence-corrected chi connectivity index (χ3v) is 3.41. The first-order chi connectivity index (χ1) is 8.97. The third-order valence-electron chi connectivity index (χ3n) is 3.00. The monoisotopic (exact) mass is 321 g/mol. The van der Waals surface area contributed by atoms with Gasteiger partial charge >= 0.3 is 0 Å². The van der Waals surface area contributed by atoms with Crippen molar-refractivity contribution in [3.63, 3.8) is 0 Å². The Kier molecular flexibility index (Phi) is 4.04. The van der Waals surface area contributed by atoms with Crippen molar-refractivity contribution < 1.29 is 4.79 Å². The molecule has 2 aromatic rings. The summed E-state index contributed by atoms with van der Waals surface area (Å²) in [4.78, 5) is 12.2. The van der Waals surface area contributed by atoms with Crippen molar-refractivity contribution in [2.75, 3.05) is 5.32 Å². The standard InChI is InChI=1S/C14H16BrN3O/c1-9-4-5-10(2)13(6-9)17-14(19)11(3)18-8-12(15)7-16-18/h4-8,11H,1-3H3,(H,17,19). The summed E-state index contributed by atoms with van der Waals surface area (Å²) in [6.45, 7) is 5.80. The van der Waals surface area contributed by atoms with E-state index in [9.17, 15) is 4.79 Å². The predicted molar refractivity (Wildman–Crippen MR) is 79.2 cm³/mol. The Morgan fingerprint density at radius 1 is 1.42 bits per heavy atom. The van der Waals surface area contributed by atoms with Crippen LogP contribution in [0.25, 0.3) is 0 Å². The van der Waals surface area contributed by atoms with Gasteiger partial charge in [0.1, 0.15) is 6.04 Å². The Morgan fingerprint density at radius 2 is 2.16 bits per heavy atom. The molecule has 1 N–H and O–H groups in total. The zero-order valence-electron chi connectivity index (χ0n) is 11.1. The molecule has 1 aromatic heterocycles. The Bertz CT molecular complexity index is 606. The molecule has 0 fully saturated rings. The number of carbonyl (C=O) groups excluding carboxylic acids is 1. The van der Waals surface area contributed by atoms with E-state index in [1.165, 1.54) is 0 Å². The van der Waals surface area contributed by atoms with Crippen LogP contribution in [0.3, 0.4) is 0 Å². The fourth-order valence-corrected chi connectivity index (χ4v) is 2.06. The summed E-state index contributed by atoms with van der Waals surface area (Å²) < 4.78 is 2.49. The molecule has 1 heterocycles. The van der Waals surface area contributed by atoms with Crippen LogP contribution in [0.5, 0.6) is 0 Å². The van der Waals surface area contributed by atoms with Gasteiger partial charge in [-0.25, -0.2) is 0 Å². The van der Waals surface area contributed by atoms with Gasteiger partial charge in [-0.1, -0.05) is 12.1 Å². The van der Waals surface area contributed by atoms with Crippen LogP contribution in [-0.2, 0) is 4.79 Å². The van der Waals surface area contributed by atoms with E-state index in [1.54, 1.807) is 17.1 Å². The minimum absolute atomic E-state index is 0.0794. The molecule has 0 saturated carbocycles. The lowest BCUT2D eigenvalue weighted by atomic mass is 10.1. The van der Waals surface area contributed by atoms with Crippen molar-refractivity contribution in [2.45, 2.75) is 26.8 Å². The third kappa shape index (κ3) is 3.23. The number of amides is 1. The zero-order chi connectivity index (χ0) is 14.0. The molecule has 0 bridgehead atoms. The van der Waals surface area contributed by atoms with Gasteiger partial charge in [-0.2, -0.15) is 5.10 Å². The van der Waals surface area contributed by atoms with Crippen LogP contribution < -0.4 is 5.32 Å². The van der Waals surface area contributed by atoms with Crippen LogP contribution in [0.2, 0.25) is 0 Å². The summed E-state index contributed by atoms with van der Waals surface area (Å²) >= 11 is 3.32. The Balaban J connectivity index is 2.14. The molecule has 1 aromatic carbocycles. The topological polar surface area (TPSA) is 46.9 Å². The zero-order valence-corrected chi connectivity index (χ0v) is 12.7. The second-order valence-corrected chi connectivity index (χ2v) is 5.54. The highest BCUT2D eigenvalue weighted by Crippen LogP contribution is 2.19. The molecular weight excluding hydrogens is 306 g/mol. The molecular formula is C14H16BrN3O. The van der Waals surface area contributed by atoms with Gasteiger partial charge in [-0.3, -0.25) is 9.48 Å². The maximum absolute atomic E-state index is 12.2.